The summed E-state index contributed by atoms with van der Waals surface area (Å²) in [6.07, 6.45) is 3.84. The maximum Gasteiger partial charge on any atom is 0.0665 e. The van der Waals surface area contributed by atoms with E-state index in [1.54, 1.807) is 18.1 Å². The van der Waals surface area contributed by atoms with Gasteiger partial charge in [0.1, 0.15) is 0 Å². The van der Waals surface area contributed by atoms with Crippen molar-refractivity contribution in [1.82, 2.24) is 10.2 Å². The largest absolute Gasteiger partial charge is 0.320 e. The second-order valence-electron chi connectivity index (χ2n) is 4.62. The van der Waals surface area contributed by atoms with Crippen molar-refractivity contribution in [2.24, 2.45) is 0 Å². The summed E-state index contributed by atoms with van der Waals surface area (Å²) in [5, 5.41) is 8.51. The van der Waals surface area contributed by atoms with E-state index in [1.807, 2.05) is 18.2 Å². The zero-order valence-electron chi connectivity index (χ0n) is 12.3. The molecule has 2 aromatic carbocycles. The molecule has 0 saturated heterocycles. The number of aromatic nitrogens is 2. The highest BCUT2D eigenvalue weighted by atomic mass is 35.5. The summed E-state index contributed by atoms with van der Waals surface area (Å²) in [5.74, 6) is 0. The lowest BCUT2D eigenvalue weighted by Crippen LogP contribution is -2.04. The van der Waals surface area contributed by atoms with Gasteiger partial charge in [-0.3, -0.25) is 5.10 Å². The summed E-state index contributed by atoms with van der Waals surface area (Å²) < 4.78 is 2.14. The summed E-state index contributed by atoms with van der Waals surface area (Å²) in [7, 11) is 2.06. The average Bonchev–Trinajstić information content (AvgIpc) is 2.95. The molecule has 110 valence electrons. The topological polar surface area (TPSA) is 31.9 Å². The molecule has 1 heterocycles. The van der Waals surface area contributed by atoms with Crippen LogP contribution in [0, 0.1) is 6.92 Å². The minimum absolute atomic E-state index is 0.733. The highest BCUT2D eigenvalue weighted by Crippen LogP contribution is 2.18. The van der Waals surface area contributed by atoms with Gasteiger partial charge in [-0.25, -0.2) is 0 Å². The average molecular weight is 320 g/mol. The summed E-state index contributed by atoms with van der Waals surface area (Å²) in [6, 6.07) is 14.1. The van der Waals surface area contributed by atoms with Crippen LogP contribution in [0.15, 0.2) is 48.7 Å². The molecule has 1 aromatic heterocycles. The fourth-order valence-electron chi connectivity index (χ4n) is 1.77. The number of H-pyrrole nitrogens is 1. The molecular formula is C16H18ClN3S. The van der Waals surface area contributed by atoms with Crippen molar-refractivity contribution in [2.75, 3.05) is 17.6 Å². The van der Waals surface area contributed by atoms with Crippen molar-refractivity contribution in [3.8, 4) is 0 Å². The predicted molar refractivity (Wildman–Crippen MR) is 94.2 cm³/mol. The number of anilines is 1. The summed E-state index contributed by atoms with van der Waals surface area (Å²) >= 11 is 7.44. The highest BCUT2D eigenvalue weighted by Gasteiger charge is 1.95. The van der Waals surface area contributed by atoms with E-state index in [0.29, 0.717) is 0 Å². The normalized spacial score (nSPS) is 10.1. The number of benzene rings is 2. The molecule has 0 spiro atoms. The first-order valence-corrected chi connectivity index (χ1v) is 8.09. The van der Waals surface area contributed by atoms with Crippen molar-refractivity contribution in [2.45, 2.75) is 6.92 Å². The Balaban J connectivity index is 0.000000154. The standard InChI is InChI=1S/C9H13NS.C7H5ClN2/c1-8-4-6-9(7-5-8)10(2)11-3;8-6-2-1-5-4-9-10-7(5)3-6/h4-7H,1-3H3;1-4H,(H,9,10). The lowest BCUT2D eigenvalue weighted by Gasteiger charge is -2.14. The predicted octanol–water partition coefficient (Wildman–Crippen LogP) is 4.93. The SMILES string of the molecule is CSN(C)c1ccc(C)cc1.Clc1ccc2cn[nH]c2c1. The van der Waals surface area contributed by atoms with E-state index in [9.17, 15) is 0 Å². The molecular weight excluding hydrogens is 302 g/mol. The van der Waals surface area contributed by atoms with E-state index in [2.05, 4.69) is 59.0 Å². The zero-order valence-corrected chi connectivity index (χ0v) is 13.9. The molecule has 21 heavy (non-hydrogen) atoms. The van der Waals surface area contributed by atoms with E-state index in [-0.39, 0.29) is 0 Å². The van der Waals surface area contributed by atoms with Crippen LogP contribution in [-0.4, -0.2) is 23.5 Å². The van der Waals surface area contributed by atoms with E-state index < -0.39 is 0 Å². The highest BCUT2D eigenvalue weighted by molar-refractivity contribution is 7.99. The lowest BCUT2D eigenvalue weighted by molar-refractivity contribution is 1.12. The van der Waals surface area contributed by atoms with Gasteiger partial charge >= 0.3 is 0 Å². The third-order valence-electron chi connectivity index (χ3n) is 3.08. The lowest BCUT2D eigenvalue weighted by atomic mass is 10.2. The summed E-state index contributed by atoms with van der Waals surface area (Å²) in [4.78, 5) is 0. The first kappa shape index (κ1) is 15.7. The Morgan fingerprint density at radius 2 is 1.86 bits per heavy atom. The van der Waals surface area contributed by atoms with Gasteiger partial charge in [0.25, 0.3) is 0 Å². The number of halogens is 1. The molecule has 0 aliphatic heterocycles. The van der Waals surface area contributed by atoms with Crippen LogP contribution < -0.4 is 4.31 Å². The maximum absolute atomic E-state index is 5.73. The molecule has 3 aromatic rings. The molecule has 0 atom stereocenters. The van der Waals surface area contributed by atoms with Crippen molar-refractivity contribution in [3.05, 3.63) is 59.2 Å². The fraction of sp³-hybridized carbons (Fsp3) is 0.188. The van der Waals surface area contributed by atoms with E-state index >= 15 is 0 Å². The molecule has 5 heteroatoms. The zero-order chi connectivity index (χ0) is 15.2. The van der Waals surface area contributed by atoms with Gasteiger partial charge in [0.05, 0.1) is 11.7 Å². The first-order valence-electron chi connectivity index (χ1n) is 6.53. The van der Waals surface area contributed by atoms with E-state index in [1.165, 1.54) is 11.3 Å². The number of nitrogens with zero attached hydrogens (tertiary/aromatic N) is 2. The van der Waals surface area contributed by atoms with Crippen LogP contribution in [0.1, 0.15) is 5.56 Å². The molecule has 0 unspecified atom stereocenters. The molecule has 3 rings (SSSR count). The van der Waals surface area contributed by atoms with Gasteiger partial charge in [-0.15, -0.1) is 0 Å². The Kier molecular flexibility index (Phi) is 5.53. The van der Waals surface area contributed by atoms with E-state index in [0.717, 1.165) is 15.9 Å². The second-order valence-corrected chi connectivity index (χ2v) is 5.97. The van der Waals surface area contributed by atoms with Crippen molar-refractivity contribution < 1.29 is 0 Å². The van der Waals surface area contributed by atoms with E-state index in [4.69, 9.17) is 11.6 Å². The van der Waals surface area contributed by atoms with Gasteiger partial charge in [-0.05, 0) is 37.3 Å². The minimum Gasteiger partial charge on any atom is -0.320 e. The number of aromatic amines is 1. The number of hydrogen-bond donors (Lipinski definition) is 1. The van der Waals surface area contributed by atoms with Gasteiger partial charge < -0.3 is 4.31 Å². The smallest absolute Gasteiger partial charge is 0.0665 e. The third kappa shape index (κ3) is 4.41. The van der Waals surface area contributed by atoms with Gasteiger partial charge in [0.15, 0.2) is 0 Å². The number of hydrogen-bond acceptors (Lipinski definition) is 3. The Bertz CT molecular complexity index is 694. The van der Waals surface area contributed by atoms with Crippen LogP contribution >= 0.6 is 23.5 Å². The molecule has 0 bridgehead atoms. The second kappa shape index (κ2) is 7.38. The van der Waals surface area contributed by atoms with Crippen LogP contribution in [0.2, 0.25) is 5.02 Å². The van der Waals surface area contributed by atoms with Crippen LogP contribution in [0.3, 0.4) is 0 Å². The van der Waals surface area contributed by atoms with Crippen LogP contribution in [0.25, 0.3) is 10.9 Å². The van der Waals surface area contributed by atoms with Gasteiger partial charge in [-0.1, -0.05) is 41.2 Å². The minimum atomic E-state index is 0.733. The summed E-state index contributed by atoms with van der Waals surface area (Å²) in [5.41, 5.74) is 3.54. The van der Waals surface area contributed by atoms with Gasteiger partial charge in [-0.2, -0.15) is 5.10 Å². The van der Waals surface area contributed by atoms with Crippen LogP contribution in [-0.2, 0) is 0 Å². The summed E-state index contributed by atoms with van der Waals surface area (Å²) in [6.45, 7) is 2.10. The van der Waals surface area contributed by atoms with Crippen LogP contribution in [0.4, 0.5) is 5.69 Å². The monoisotopic (exact) mass is 319 g/mol. The Hall–Kier alpha value is -1.65. The molecule has 0 fully saturated rings. The maximum atomic E-state index is 5.73. The quantitative estimate of drug-likeness (QED) is 0.680. The molecule has 3 nitrogen and oxygen atoms in total. The third-order valence-corrected chi connectivity index (χ3v) is 4.07. The molecule has 0 saturated carbocycles. The van der Waals surface area contributed by atoms with Crippen molar-refractivity contribution in [1.29, 1.82) is 0 Å². The van der Waals surface area contributed by atoms with Crippen molar-refractivity contribution in [3.63, 3.8) is 0 Å². The Morgan fingerprint density at radius 3 is 2.52 bits per heavy atom. The number of aryl methyl sites for hydroxylation is 1. The fourth-order valence-corrected chi connectivity index (χ4v) is 2.27. The molecule has 0 aliphatic carbocycles. The molecule has 0 radical (unpaired) electrons. The Labute approximate surface area is 134 Å². The number of fused-ring (bicyclic) bond motifs is 1. The Morgan fingerprint density at radius 1 is 1.14 bits per heavy atom. The molecule has 0 aliphatic rings. The number of nitrogens with one attached hydrogen (secondary N) is 1. The molecule has 1 N–H and O–H groups in total. The number of rotatable bonds is 2. The molecule has 0 amide bonds. The van der Waals surface area contributed by atoms with Gasteiger partial charge in [0.2, 0.25) is 0 Å². The van der Waals surface area contributed by atoms with Gasteiger partial charge in [0, 0.05) is 29.4 Å². The first-order chi connectivity index (χ1) is 10.1. The van der Waals surface area contributed by atoms with Crippen molar-refractivity contribution >= 4 is 40.1 Å². The van der Waals surface area contributed by atoms with Crippen LogP contribution in [0.5, 0.6) is 0 Å².